The van der Waals surface area contributed by atoms with Gasteiger partial charge in [-0.25, -0.2) is 10.2 Å². The standard InChI is InChI=1S/C26H19N3O5/c30-25(16-21-6-3-5-19-4-1-2-7-24(19)21)28-27-17-18-8-14-23(15-9-18)34-26(31)20-10-12-22(13-11-20)29(32)33/h1-15,17H,16H2,(H,28,30)/b27-17-. The number of hydrogen-bond donors (Lipinski definition) is 1. The number of nitrogens with zero attached hydrogens (tertiary/aromatic N) is 2. The van der Waals surface area contributed by atoms with Crippen molar-refractivity contribution < 1.29 is 19.2 Å². The van der Waals surface area contributed by atoms with Crippen LogP contribution in [-0.4, -0.2) is 23.0 Å². The Morgan fingerprint density at radius 3 is 2.35 bits per heavy atom. The number of rotatable bonds is 7. The van der Waals surface area contributed by atoms with Crippen molar-refractivity contribution >= 4 is 34.6 Å². The van der Waals surface area contributed by atoms with Crippen LogP contribution in [-0.2, 0) is 11.2 Å². The van der Waals surface area contributed by atoms with E-state index >= 15 is 0 Å². The monoisotopic (exact) mass is 453 g/mol. The van der Waals surface area contributed by atoms with Gasteiger partial charge in [-0.1, -0.05) is 42.5 Å². The highest BCUT2D eigenvalue weighted by Crippen LogP contribution is 2.19. The minimum absolute atomic E-state index is 0.107. The van der Waals surface area contributed by atoms with Crippen molar-refractivity contribution in [2.24, 2.45) is 5.10 Å². The fraction of sp³-hybridized carbons (Fsp3) is 0.0385. The Hall–Kier alpha value is -4.85. The predicted molar refractivity (Wildman–Crippen MR) is 128 cm³/mol. The van der Waals surface area contributed by atoms with E-state index in [2.05, 4.69) is 10.5 Å². The molecule has 0 aliphatic carbocycles. The van der Waals surface area contributed by atoms with Crippen LogP contribution in [0, 0.1) is 10.1 Å². The molecule has 0 saturated carbocycles. The Balaban J connectivity index is 1.31. The van der Waals surface area contributed by atoms with E-state index in [0.717, 1.165) is 16.3 Å². The van der Waals surface area contributed by atoms with Crippen molar-refractivity contribution in [1.82, 2.24) is 5.43 Å². The molecule has 0 saturated heterocycles. The maximum atomic E-state index is 12.3. The van der Waals surface area contributed by atoms with Crippen LogP contribution in [0.5, 0.6) is 5.75 Å². The largest absolute Gasteiger partial charge is 0.423 e. The van der Waals surface area contributed by atoms with E-state index in [0.29, 0.717) is 11.3 Å². The van der Waals surface area contributed by atoms with Crippen LogP contribution in [0.25, 0.3) is 10.8 Å². The van der Waals surface area contributed by atoms with E-state index in [1.165, 1.54) is 30.5 Å². The lowest BCUT2D eigenvalue weighted by Crippen LogP contribution is -2.19. The number of benzene rings is 4. The topological polar surface area (TPSA) is 111 Å². The predicted octanol–water partition coefficient (Wildman–Crippen LogP) is 4.66. The van der Waals surface area contributed by atoms with E-state index in [1.807, 2.05) is 42.5 Å². The molecule has 0 heterocycles. The minimum Gasteiger partial charge on any atom is -0.423 e. The molecule has 8 nitrogen and oxygen atoms in total. The number of esters is 1. The third-order valence-corrected chi connectivity index (χ3v) is 5.04. The van der Waals surface area contributed by atoms with Crippen molar-refractivity contribution in [3.63, 3.8) is 0 Å². The quantitative estimate of drug-likeness (QED) is 0.144. The van der Waals surface area contributed by atoms with Crippen molar-refractivity contribution in [3.05, 3.63) is 118 Å². The maximum absolute atomic E-state index is 12.3. The van der Waals surface area contributed by atoms with Gasteiger partial charge in [0.1, 0.15) is 5.75 Å². The zero-order valence-corrected chi connectivity index (χ0v) is 17.9. The second-order valence-corrected chi connectivity index (χ2v) is 7.37. The van der Waals surface area contributed by atoms with E-state index in [9.17, 15) is 19.7 Å². The van der Waals surface area contributed by atoms with Crippen LogP contribution in [0.15, 0.2) is 96.1 Å². The highest BCUT2D eigenvalue weighted by Gasteiger charge is 2.11. The van der Waals surface area contributed by atoms with Gasteiger partial charge < -0.3 is 4.74 Å². The highest BCUT2D eigenvalue weighted by molar-refractivity contribution is 5.92. The Bertz CT molecular complexity index is 1370. The van der Waals surface area contributed by atoms with Crippen LogP contribution in [0.4, 0.5) is 5.69 Å². The summed E-state index contributed by atoms with van der Waals surface area (Å²) in [5, 5.41) is 16.8. The van der Waals surface area contributed by atoms with Crippen molar-refractivity contribution in [1.29, 1.82) is 0 Å². The molecule has 4 aromatic carbocycles. The first kappa shape index (κ1) is 22.3. The molecule has 1 N–H and O–H groups in total. The molecular weight excluding hydrogens is 434 g/mol. The lowest BCUT2D eigenvalue weighted by atomic mass is 10.0. The molecule has 34 heavy (non-hydrogen) atoms. The second-order valence-electron chi connectivity index (χ2n) is 7.37. The summed E-state index contributed by atoms with van der Waals surface area (Å²) in [5.41, 5.74) is 4.23. The zero-order chi connectivity index (χ0) is 23.9. The van der Waals surface area contributed by atoms with Gasteiger partial charge in [0.2, 0.25) is 5.91 Å². The maximum Gasteiger partial charge on any atom is 0.343 e. The number of hydrazone groups is 1. The van der Waals surface area contributed by atoms with Crippen LogP contribution < -0.4 is 10.2 Å². The fourth-order valence-electron chi connectivity index (χ4n) is 3.35. The molecule has 0 bridgehead atoms. The number of nitrogens with one attached hydrogen (secondary N) is 1. The number of amides is 1. The highest BCUT2D eigenvalue weighted by atomic mass is 16.6. The van der Waals surface area contributed by atoms with Crippen molar-refractivity contribution in [3.8, 4) is 5.75 Å². The normalized spacial score (nSPS) is 10.8. The number of fused-ring (bicyclic) bond motifs is 1. The molecule has 0 radical (unpaired) electrons. The van der Waals surface area contributed by atoms with E-state index < -0.39 is 10.9 Å². The summed E-state index contributed by atoms with van der Waals surface area (Å²) in [6.07, 6.45) is 1.69. The van der Waals surface area contributed by atoms with Crippen LogP contribution in [0.3, 0.4) is 0 Å². The van der Waals surface area contributed by atoms with Gasteiger partial charge in [-0.05, 0) is 58.3 Å². The number of nitro benzene ring substituents is 1. The molecule has 4 rings (SSSR count). The summed E-state index contributed by atoms with van der Waals surface area (Å²) in [6.45, 7) is 0. The molecule has 168 valence electrons. The lowest BCUT2D eigenvalue weighted by molar-refractivity contribution is -0.384. The first-order chi connectivity index (χ1) is 16.5. The van der Waals surface area contributed by atoms with Crippen LogP contribution in [0.1, 0.15) is 21.5 Å². The van der Waals surface area contributed by atoms with Gasteiger partial charge in [-0.3, -0.25) is 14.9 Å². The number of non-ortho nitro benzene ring substituents is 1. The van der Waals surface area contributed by atoms with E-state index in [4.69, 9.17) is 4.74 Å². The van der Waals surface area contributed by atoms with Gasteiger partial charge in [-0.15, -0.1) is 0 Å². The van der Waals surface area contributed by atoms with Gasteiger partial charge in [0, 0.05) is 12.1 Å². The molecular formula is C26H19N3O5. The van der Waals surface area contributed by atoms with E-state index in [-0.39, 0.29) is 23.6 Å². The summed E-state index contributed by atoms with van der Waals surface area (Å²) in [6, 6.07) is 25.4. The fourth-order valence-corrected chi connectivity index (χ4v) is 3.35. The average molecular weight is 453 g/mol. The summed E-state index contributed by atoms with van der Waals surface area (Å²) < 4.78 is 5.28. The Morgan fingerprint density at radius 2 is 1.62 bits per heavy atom. The molecule has 1 amide bonds. The lowest BCUT2D eigenvalue weighted by Gasteiger charge is -2.06. The second kappa shape index (κ2) is 10.2. The molecule has 0 unspecified atom stereocenters. The van der Waals surface area contributed by atoms with Crippen LogP contribution in [0.2, 0.25) is 0 Å². The minimum atomic E-state index is -0.628. The number of ether oxygens (including phenoxy) is 1. The summed E-state index contributed by atoms with van der Waals surface area (Å²) >= 11 is 0. The van der Waals surface area contributed by atoms with Crippen molar-refractivity contribution in [2.75, 3.05) is 0 Å². The number of carbonyl (C=O) groups excluding carboxylic acids is 2. The molecule has 0 aliphatic heterocycles. The first-order valence-electron chi connectivity index (χ1n) is 10.3. The molecule has 8 heteroatoms. The van der Waals surface area contributed by atoms with Gasteiger partial charge >= 0.3 is 5.97 Å². The molecule has 0 aliphatic rings. The van der Waals surface area contributed by atoms with Gasteiger partial charge in [0.05, 0.1) is 23.1 Å². The summed E-state index contributed by atoms with van der Waals surface area (Å²) in [4.78, 5) is 34.7. The Morgan fingerprint density at radius 1 is 0.912 bits per heavy atom. The first-order valence-corrected chi connectivity index (χ1v) is 10.3. The van der Waals surface area contributed by atoms with Gasteiger partial charge in [0.15, 0.2) is 0 Å². The molecule has 4 aromatic rings. The number of nitro groups is 1. The SMILES string of the molecule is O=C(Cc1cccc2ccccc12)N/N=C\c1ccc(OC(=O)c2ccc([N+](=O)[O-])cc2)cc1. The van der Waals surface area contributed by atoms with E-state index in [1.54, 1.807) is 24.3 Å². The molecule has 0 atom stereocenters. The third kappa shape index (κ3) is 5.49. The van der Waals surface area contributed by atoms with Gasteiger partial charge in [0.25, 0.3) is 5.69 Å². The average Bonchev–Trinajstić information content (AvgIpc) is 2.85. The summed E-state index contributed by atoms with van der Waals surface area (Å²) in [7, 11) is 0. The molecule has 0 aromatic heterocycles. The number of carbonyl (C=O) groups is 2. The zero-order valence-electron chi connectivity index (χ0n) is 17.9. The molecule has 0 spiro atoms. The summed E-state index contributed by atoms with van der Waals surface area (Å²) in [5.74, 6) is -0.557. The van der Waals surface area contributed by atoms with Gasteiger partial charge in [-0.2, -0.15) is 5.10 Å². The Labute approximate surface area is 194 Å². The molecule has 0 fully saturated rings. The van der Waals surface area contributed by atoms with Crippen molar-refractivity contribution in [2.45, 2.75) is 6.42 Å². The van der Waals surface area contributed by atoms with Crippen LogP contribution >= 0.6 is 0 Å². The number of hydrogen-bond acceptors (Lipinski definition) is 6. The smallest absolute Gasteiger partial charge is 0.343 e. The Kier molecular flexibility index (Phi) is 6.69. The third-order valence-electron chi connectivity index (χ3n) is 5.04.